The second-order valence-corrected chi connectivity index (χ2v) is 3.41. The first-order chi connectivity index (χ1) is 5.16. The Bertz CT molecular complexity index is 83.6. The number of ether oxygens (including phenoxy) is 1. The highest BCUT2D eigenvalue weighted by Crippen LogP contribution is 2.06. The minimum Gasteiger partial charge on any atom is -0.377 e. The van der Waals surface area contributed by atoms with Crippen LogP contribution in [0.3, 0.4) is 0 Å². The summed E-state index contributed by atoms with van der Waals surface area (Å²) in [6.07, 6.45) is 1.56. The van der Waals surface area contributed by atoms with Gasteiger partial charge in [0.1, 0.15) is 0 Å². The number of rotatable bonds is 6. The van der Waals surface area contributed by atoms with E-state index in [9.17, 15) is 0 Å². The second kappa shape index (κ2) is 6.62. The SMILES string of the molecule is CNCCOC(C)CC(C)C. The van der Waals surface area contributed by atoms with Crippen molar-refractivity contribution in [3.63, 3.8) is 0 Å². The van der Waals surface area contributed by atoms with E-state index in [0.29, 0.717) is 6.10 Å². The molecule has 0 fully saturated rings. The maximum atomic E-state index is 5.53. The van der Waals surface area contributed by atoms with Gasteiger partial charge in [-0.3, -0.25) is 0 Å². The van der Waals surface area contributed by atoms with Crippen LogP contribution < -0.4 is 5.32 Å². The average molecular weight is 159 g/mol. The third-order valence-electron chi connectivity index (χ3n) is 1.56. The lowest BCUT2D eigenvalue weighted by atomic mass is 10.1. The second-order valence-electron chi connectivity index (χ2n) is 3.41. The quantitative estimate of drug-likeness (QED) is 0.595. The lowest BCUT2D eigenvalue weighted by molar-refractivity contribution is 0.0547. The summed E-state index contributed by atoms with van der Waals surface area (Å²) in [6, 6.07) is 0. The number of likely N-dealkylation sites (N-methyl/N-ethyl adjacent to an activating group) is 1. The predicted octanol–water partition coefficient (Wildman–Crippen LogP) is 1.66. The van der Waals surface area contributed by atoms with Crippen molar-refractivity contribution < 1.29 is 4.74 Å². The molecule has 68 valence electrons. The van der Waals surface area contributed by atoms with Gasteiger partial charge in [-0.15, -0.1) is 0 Å². The molecule has 0 aromatic carbocycles. The summed E-state index contributed by atoms with van der Waals surface area (Å²) in [7, 11) is 1.94. The Morgan fingerprint density at radius 2 is 1.91 bits per heavy atom. The number of hydrogen-bond acceptors (Lipinski definition) is 2. The fourth-order valence-electron chi connectivity index (χ4n) is 1.09. The van der Waals surface area contributed by atoms with Crippen molar-refractivity contribution in [1.82, 2.24) is 5.32 Å². The fraction of sp³-hybridized carbons (Fsp3) is 1.00. The first-order valence-electron chi connectivity index (χ1n) is 4.43. The molecule has 0 aliphatic rings. The standard InChI is InChI=1S/C9H21NO/c1-8(2)7-9(3)11-6-5-10-4/h8-10H,5-7H2,1-4H3. The van der Waals surface area contributed by atoms with E-state index < -0.39 is 0 Å². The molecule has 0 bridgehead atoms. The van der Waals surface area contributed by atoms with Crippen molar-refractivity contribution in [3.05, 3.63) is 0 Å². The van der Waals surface area contributed by atoms with Crippen LogP contribution in [0.15, 0.2) is 0 Å². The van der Waals surface area contributed by atoms with Crippen LogP contribution in [-0.4, -0.2) is 26.3 Å². The van der Waals surface area contributed by atoms with Gasteiger partial charge in [-0.1, -0.05) is 13.8 Å². The first kappa shape index (κ1) is 10.9. The molecule has 0 aliphatic carbocycles. The van der Waals surface area contributed by atoms with E-state index in [1.165, 1.54) is 0 Å². The van der Waals surface area contributed by atoms with E-state index in [-0.39, 0.29) is 0 Å². The zero-order chi connectivity index (χ0) is 8.69. The van der Waals surface area contributed by atoms with Crippen LogP contribution in [0, 0.1) is 5.92 Å². The molecule has 0 radical (unpaired) electrons. The highest BCUT2D eigenvalue weighted by molar-refractivity contribution is 4.54. The van der Waals surface area contributed by atoms with E-state index in [1.807, 2.05) is 7.05 Å². The predicted molar refractivity (Wildman–Crippen MR) is 48.8 cm³/mol. The molecule has 0 rings (SSSR count). The Morgan fingerprint density at radius 3 is 2.36 bits per heavy atom. The zero-order valence-electron chi connectivity index (χ0n) is 8.18. The van der Waals surface area contributed by atoms with Crippen LogP contribution in [-0.2, 0) is 4.74 Å². The summed E-state index contributed by atoms with van der Waals surface area (Å²) in [5, 5.41) is 3.05. The maximum absolute atomic E-state index is 5.53. The molecule has 2 heteroatoms. The molecule has 1 atom stereocenters. The smallest absolute Gasteiger partial charge is 0.0594 e. The van der Waals surface area contributed by atoms with Crippen molar-refractivity contribution in [3.8, 4) is 0 Å². The summed E-state index contributed by atoms with van der Waals surface area (Å²) < 4.78 is 5.53. The highest BCUT2D eigenvalue weighted by Gasteiger charge is 2.03. The molecular formula is C9H21NO. The molecule has 0 saturated heterocycles. The zero-order valence-corrected chi connectivity index (χ0v) is 8.18. The Morgan fingerprint density at radius 1 is 1.27 bits per heavy atom. The first-order valence-corrected chi connectivity index (χ1v) is 4.43. The van der Waals surface area contributed by atoms with E-state index in [1.54, 1.807) is 0 Å². The molecule has 0 saturated carbocycles. The summed E-state index contributed by atoms with van der Waals surface area (Å²) in [5.41, 5.74) is 0. The third-order valence-corrected chi connectivity index (χ3v) is 1.56. The molecule has 0 aromatic rings. The fourth-order valence-corrected chi connectivity index (χ4v) is 1.09. The van der Waals surface area contributed by atoms with Crippen molar-refractivity contribution in [2.45, 2.75) is 33.3 Å². The summed E-state index contributed by atoms with van der Waals surface area (Å²) in [4.78, 5) is 0. The molecule has 0 amide bonds. The highest BCUT2D eigenvalue weighted by atomic mass is 16.5. The van der Waals surface area contributed by atoms with Crippen molar-refractivity contribution in [2.24, 2.45) is 5.92 Å². The van der Waals surface area contributed by atoms with Gasteiger partial charge in [0.25, 0.3) is 0 Å². The van der Waals surface area contributed by atoms with Crippen LogP contribution in [0.4, 0.5) is 0 Å². The van der Waals surface area contributed by atoms with E-state index in [2.05, 4.69) is 26.1 Å². The minimum atomic E-state index is 0.406. The van der Waals surface area contributed by atoms with Gasteiger partial charge in [0.15, 0.2) is 0 Å². The molecule has 2 nitrogen and oxygen atoms in total. The Balaban J connectivity index is 3.15. The van der Waals surface area contributed by atoms with E-state index >= 15 is 0 Å². The summed E-state index contributed by atoms with van der Waals surface area (Å²) >= 11 is 0. The summed E-state index contributed by atoms with van der Waals surface area (Å²) in [5.74, 6) is 0.736. The van der Waals surface area contributed by atoms with Crippen LogP contribution in [0.25, 0.3) is 0 Å². The normalized spacial score (nSPS) is 13.9. The van der Waals surface area contributed by atoms with Gasteiger partial charge in [-0.2, -0.15) is 0 Å². The Hall–Kier alpha value is -0.0800. The maximum Gasteiger partial charge on any atom is 0.0594 e. The van der Waals surface area contributed by atoms with Crippen LogP contribution >= 0.6 is 0 Å². The van der Waals surface area contributed by atoms with Crippen molar-refractivity contribution in [2.75, 3.05) is 20.2 Å². The van der Waals surface area contributed by atoms with Gasteiger partial charge >= 0.3 is 0 Å². The van der Waals surface area contributed by atoms with Crippen LogP contribution in [0.2, 0.25) is 0 Å². The molecule has 0 heterocycles. The van der Waals surface area contributed by atoms with Crippen molar-refractivity contribution >= 4 is 0 Å². The number of nitrogens with one attached hydrogen (secondary N) is 1. The Labute approximate surface area is 70.3 Å². The van der Waals surface area contributed by atoms with Gasteiger partial charge in [-0.25, -0.2) is 0 Å². The molecule has 1 N–H and O–H groups in total. The molecular weight excluding hydrogens is 138 g/mol. The monoisotopic (exact) mass is 159 g/mol. The van der Waals surface area contributed by atoms with Gasteiger partial charge in [0.2, 0.25) is 0 Å². The molecule has 1 unspecified atom stereocenters. The van der Waals surface area contributed by atoms with E-state index in [0.717, 1.165) is 25.5 Å². The Kier molecular flexibility index (Phi) is 6.57. The topological polar surface area (TPSA) is 21.3 Å². The molecule has 0 spiro atoms. The van der Waals surface area contributed by atoms with Crippen LogP contribution in [0.1, 0.15) is 27.2 Å². The largest absolute Gasteiger partial charge is 0.377 e. The lowest BCUT2D eigenvalue weighted by Gasteiger charge is -2.14. The van der Waals surface area contributed by atoms with Crippen LogP contribution in [0.5, 0.6) is 0 Å². The molecule has 11 heavy (non-hydrogen) atoms. The minimum absolute atomic E-state index is 0.406. The molecule has 0 aromatic heterocycles. The lowest BCUT2D eigenvalue weighted by Crippen LogP contribution is -2.19. The van der Waals surface area contributed by atoms with Gasteiger partial charge in [0, 0.05) is 6.54 Å². The van der Waals surface area contributed by atoms with E-state index in [4.69, 9.17) is 4.74 Å². The van der Waals surface area contributed by atoms with Gasteiger partial charge in [-0.05, 0) is 26.3 Å². The number of hydrogen-bond donors (Lipinski definition) is 1. The summed E-state index contributed by atoms with van der Waals surface area (Å²) in [6.45, 7) is 8.35. The third kappa shape index (κ3) is 7.82. The van der Waals surface area contributed by atoms with Gasteiger partial charge in [0.05, 0.1) is 12.7 Å². The average Bonchev–Trinajstić information content (AvgIpc) is 1.86. The van der Waals surface area contributed by atoms with Crippen molar-refractivity contribution in [1.29, 1.82) is 0 Å². The van der Waals surface area contributed by atoms with Gasteiger partial charge < -0.3 is 10.1 Å². The molecule has 0 aliphatic heterocycles.